The number of amides is 1. The molecule has 0 aliphatic heterocycles. The van der Waals surface area contributed by atoms with Crippen LogP contribution >= 0.6 is 23.1 Å². The fourth-order valence-corrected chi connectivity index (χ4v) is 6.46. The van der Waals surface area contributed by atoms with Crippen LogP contribution in [-0.2, 0) is 31.2 Å². The van der Waals surface area contributed by atoms with Crippen molar-refractivity contribution in [3.63, 3.8) is 0 Å². The van der Waals surface area contributed by atoms with E-state index in [1.165, 1.54) is 34.2 Å². The lowest BCUT2D eigenvalue weighted by Crippen LogP contribution is -2.34. The molecule has 0 saturated heterocycles. The van der Waals surface area contributed by atoms with Crippen molar-refractivity contribution in [3.05, 3.63) is 56.2 Å². The summed E-state index contributed by atoms with van der Waals surface area (Å²) < 4.78 is 1.63. The Kier molecular flexibility index (Phi) is 5.65. The van der Waals surface area contributed by atoms with E-state index in [0.29, 0.717) is 23.5 Å². The van der Waals surface area contributed by atoms with Crippen LogP contribution < -0.4 is 5.56 Å². The van der Waals surface area contributed by atoms with E-state index >= 15 is 0 Å². The summed E-state index contributed by atoms with van der Waals surface area (Å²) in [5, 5.41) is 1.44. The zero-order chi connectivity index (χ0) is 21.5. The molecule has 5 rings (SSSR count). The van der Waals surface area contributed by atoms with Crippen molar-refractivity contribution in [1.82, 2.24) is 14.5 Å². The van der Waals surface area contributed by atoms with Gasteiger partial charge >= 0.3 is 0 Å². The lowest BCUT2D eigenvalue weighted by molar-refractivity contribution is -0.129. The van der Waals surface area contributed by atoms with Gasteiger partial charge in [-0.2, -0.15) is 0 Å². The highest BCUT2D eigenvalue weighted by atomic mass is 32.2. The molecule has 1 fully saturated rings. The molecule has 0 atom stereocenters. The van der Waals surface area contributed by atoms with Gasteiger partial charge in [0.15, 0.2) is 5.16 Å². The Hall–Kier alpha value is -2.12. The summed E-state index contributed by atoms with van der Waals surface area (Å²) in [5.74, 6) is 0.423. The Morgan fingerprint density at radius 1 is 1.23 bits per heavy atom. The average molecular weight is 454 g/mol. The number of benzene rings is 1. The normalized spacial score (nSPS) is 15.8. The first-order valence-corrected chi connectivity index (χ1v) is 12.8. The van der Waals surface area contributed by atoms with E-state index in [1.807, 2.05) is 4.90 Å². The van der Waals surface area contributed by atoms with Crippen LogP contribution in [-0.4, -0.2) is 32.2 Å². The maximum Gasteiger partial charge on any atom is 0.262 e. The molecule has 2 aliphatic carbocycles. The van der Waals surface area contributed by atoms with E-state index in [-0.39, 0.29) is 11.5 Å². The van der Waals surface area contributed by atoms with Crippen molar-refractivity contribution >= 4 is 39.2 Å². The molecule has 162 valence electrons. The van der Waals surface area contributed by atoms with Crippen molar-refractivity contribution in [1.29, 1.82) is 0 Å². The minimum atomic E-state index is 0.0260. The molecule has 31 heavy (non-hydrogen) atoms. The summed E-state index contributed by atoms with van der Waals surface area (Å²) in [6.07, 6.45) is 6.51. The summed E-state index contributed by atoms with van der Waals surface area (Å²) in [6, 6.07) is 8.73. The predicted molar refractivity (Wildman–Crippen MR) is 127 cm³/mol. The van der Waals surface area contributed by atoms with Crippen LogP contribution in [0.3, 0.4) is 0 Å². The van der Waals surface area contributed by atoms with E-state index < -0.39 is 0 Å². The van der Waals surface area contributed by atoms with Crippen molar-refractivity contribution in [2.24, 2.45) is 7.05 Å². The average Bonchev–Trinajstić information content (AvgIpc) is 3.54. The highest BCUT2D eigenvalue weighted by molar-refractivity contribution is 7.99. The van der Waals surface area contributed by atoms with Gasteiger partial charge in [0.05, 0.1) is 11.1 Å². The van der Waals surface area contributed by atoms with Gasteiger partial charge in [-0.05, 0) is 56.6 Å². The topological polar surface area (TPSA) is 55.2 Å². The van der Waals surface area contributed by atoms with E-state index in [1.54, 1.807) is 23.0 Å². The number of thiophene rings is 1. The molecule has 0 radical (unpaired) electrons. The van der Waals surface area contributed by atoms with E-state index in [2.05, 4.69) is 31.2 Å². The molecule has 5 nitrogen and oxygen atoms in total. The number of aromatic nitrogens is 2. The van der Waals surface area contributed by atoms with Crippen LogP contribution in [0.4, 0.5) is 0 Å². The molecular weight excluding hydrogens is 426 g/mol. The van der Waals surface area contributed by atoms with Crippen LogP contribution in [0.25, 0.3) is 10.2 Å². The zero-order valence-corrected chi connectivity index (χ0v) is 19.7. The first-order valence-electron chi connectivity index (χ1n) is 11.0. The van der Waals surface area contributed by atoms with Crippen molar-refractivity contribution < 1.29 is 4.79 Å². The minimum absolute atomic E-state index is 0.0260. The van der Waals surface area contributed by atoms with E-state index in [4.69, 9.17) is 4.98 Å². The lowest BCUT2D eigenvalue weighted by Gasteiger charge is -2.22. The SMILES string of the molecule is Cc1ccc(CN(C(=O)CSc2nc3sc4c(c3c(=O)n2C)CCCC4)C2CC2)cc1. The third-order valence-electron chi connectivity index (χ3n) is 6.26. The third-order valence-corrected chi connectivity index (χ3v) is 8.46. The van der Waals surface area contributed by atoms with E-state index in [0.717, 1.165) is 47.9 Å². The Morgan fingerprint density at radius 2 is 1.97 bits per heavy atom. The van der Waals surface area contributed by atoms with Crippen molar-refractivity contribution in [2.45, 2.75) is 63.2 Å². The van der Waals surface area contributed by atoms with Crippen LogP contribution in [0.15, 0.2) is 34.2 Å². The molecule has 0 spiro atoms. The van der Waals surface area contributed by atoms with Gasteiger partial charge in [0.2, 0.25) is 5.91 Å². The van der Waals surface area contributed by atoms with Crippen molar-refractivity contribution in [2.75, 3.05) is 5.75 Å². The van der Waals surface area contributed by atoms with Gasteiger partial charge in [-0.1, -0.05) is 41.6 Å². The van der Waals surface area contributed by atoms with Gasteiger partial charge in [-0.3, -0.25) is 14.2 Å². The summed E-state index contributed by atoms with van der Waals surface area (Å²) in [4.78, 5) is 35.1. The maximum absolute atomic E-state index is 13.1. The van der Waals surface area contributed by atoms with Gasteiger partial charge < -0.3 is 4.90 Å². The molecule has 2 aliphatic rings. The van der Waals surface area contributed by atoms with Crippen LogP contribution in [0.2, 0.25) is 0 Å². The van der Waals surface area contributed by atoms with Crippen molar-refractivity contribution in [3.8, 4) is 0 Å². The smallest absolute Gasteiger partial charge is 0.262 e. The summed E-state index contributed by atoms with van der Waals surface area (Å²) in [6.45, 7) is 2.72. The van der Waals surface area contributed by atoms with Gasteiger partial charge in [-0.15, -0.1) is 11.3 Å². The summed E-state index contributed by atoms with van der Waals surface area (Å²) >= 11 is 3.05. The van der Waals surface area contributed by atoms with Crippen LogP contribution in [0.1, 0.15) is 47.3 Å². The van der Waals surface area contributed by atoms with Gasteiger partial charge in [-0.25, -0.2) is 4.98 Å². The Bertz CT molecular complexity index is 1190. The highest BCUT2D eigenvalue weighted by Crippen LogP contribution is 2.35. The second-order valence-electron chi connectivity index (χ2n) is 8.68. The number of carbonyl (C=O) groups is 1. The molecule has 0 N–H and O–H groups in total. The molecule has 2 heterocycles. The Labute approximate surface area is 190 Å². The van der Waals surface area contributed by atoms with Crippen LogP contribution in [0.5, 0.6) is 0 Å². The predicted octanol–water partition coefficient (Wildman–Crippen LogP) is 4.47. The number of aryl methyl sites for hydroxylation is 3. The monoisotopic (exact) mass is 453 g/mol. The fourth-order valence-electron chi connectivity index (χ4n) is 4.30. The number of carbonyl (C=O) groups excluding carboxylic acids is 1. The molecule has 0 bridgehead atoms. The highest BCUT2D eigenvalue weighted by Gasteiger charge is 2.32. The molecule has 7 heteroatoms. The van der Waals surface area contributed by atoms with Gasteiger partial charge in [0.1, 0.15) is 4.83 Å². The quantitative estimate of drug-likeness (QED) is 0.408. The fraction of sp³-hybridized carbons (Fsp3) is 0.458. The van der Waals surface area contributed by atoms with Gasteiger partial charge in [0, 0.05) is 24.5 Å². The van der Waals surface area contributed by atoms with E-state index in [9.17, 15) is 9.59 Å². The first-order chi connectivity index (χ1) is 15.0. The molecular formula is C24H27N3O2S2. The molecule has 1 saturated carbocycles. The number of hydrogen-bond donors (Lipinski definition) is 0. The molecule has 0 unspecified atom stereocenters. The zero-order valence-electron chi connectivity index (χ0n) is 18.0. The van der Waals surface area contributed by atoms with Crippen LogP contribution in [0, 0.1) is 6.92 Å². The number of hydrogen-bond acceptors (Lipinski definition) is 5. The van der Waals surface area contributed by atoms with Gasteiger partial charge in [0.25, 0.3) is 5.56 Å². The first kappa shape index (κ1) is 20.8. The maximum atomic E-state index is 13.1. The lowest BCUT2D eigenvalue weighted by atomic mass is 9.97. The number of nitrogens with zero attached hydrogens (tertiary/aromatic N) is 3. The largest absolute Gasteiger partial charge is 0.335 e. The molecule has 3 aromatic rings. The second kappa shape index (κ2) is 8.43. The summed E-state index contributed by atoms with van der Waals surface area (Å²) in [7, 11) is 1.78. The number of thioether (sulfide) groups is 1. The molecule has 2 aromatic heterocycles. The summed E-state index contributed by atoms with van der Waals surface area (Å²) in [5.41, 5.74) is 3.62. The standard InChI is InChI=1S/C24H27N3O2S2/c1-15-7-9-16(10-8-15)13-27(17-11-12-17)20(28)14-30-24-25-22-21(23(29)26(24)2)18-5-3-4-6-19(18)31-22/h7-10,17H,3-6,11-14H2,1-2H3. The minimum Gasteiger partial charge on any atom is -0.335 e. The molecule has 1 aromatic carbocycles. The Morgan fingerprint density at radius 3 is 2.71 bits per heavy atom. The Balaban J connectivity index is 1.34. The number of rotatable bonds is 6. The number of fused-ring (bicyclic) bond motifs is 3. The third kappa shape index (κ3) is 4.17. The second-order valence-corrected chi connectivity index (χ2v) is 10.7. The molecule has 1 amide bonds.